The zero-order valence-corrected chi connectivity index (χ0v) is 4.87. The molecule has 0 radical (unpaired) electrons. The second kappa shape index (κ2) is 20.4. The molecule has 0 aromatic rings. The fourth-order valence-electron chi connectivity index (χ4n) is 0. The first-order valence-corrected chi connectivity index (χ1v) is 2.47. The zero-order valence-electron chi connectivity index (χ0n) is 3.72. The van der Waals surface area contributed by atoms with Crippen LogP contribution < -0.4 is 0 Å². The molecule has 6 heavy (non-hydrogen) atoms. The summed E-state index contributed by atoms with van der Waals surface area (Å²) in [6.07, 6.45) is 1.75. The van der Waals surface area contributed by atoms with E-state index in [-0.39, 0.29) is 0 Å². The van der Waals surface area contributed by atoms with Gasteiger partial charge < -0.3 is 4.89 Å². The highest BCUT2D eigenvalue weighted by Crippen LogP contribution is 1.66. The predicted molar refractivity (Wildman–Crippen MR) is 28.5 cm³/mol. The first-order chi connectivity index (χ1) is 2.83. The molecule has 0 aromatic heterocycles. The molecule has 0 aromatic carbocycles. The van der Waals surface area contributed by atoms with Gasteiger partial charge in [0.15, 0.2) is 8.69 Å². The lowest BCUT2D eigenvalue weighted by Gasteiger charge is -1.33. The van der Waals surface area contributed by atoms with Crippen LogP contribution in [0.1, 0.15) is 6.92 Å². The minimum absolute atomic E-state index is 1.50. The highest BCUT2D eigenvalue weighted by atomic mass is 31.1. The molecule has 0 bridgehead atoms. The molecule has 0 heterocycles. The van der Waals surface area contributed by atoms with Crippen LogP contribution in [0.2, 0.25) is 0 Å². The van der Waals surface area contributed by atoms with Crippen molar-refractivity contribution in [2.75, 3.05) is 0 Å². The highest BCUT2D eigenvalue weighted by Gasteiger charge is 1.17. The third kappa shape index (κ3) is 6890. The maximum atomic E-state index is 8.57. The third-order valence-corrected chi connectivity index (χ3v) is 0. The summed E-state index contributed by atoms with van der Waals surface area (Å²) >= 11 is 0. The van der Waals surface area contributed by atoms with Gasteiger partial charge in [0.1, 0.15) is 0 Å². The number of hydrogen-bond acceptors (Lipinski definition) is 1. The van der Waals surface area contributed by atoms with Crippen LogP contribution in [0.4, 0.5) is 0 Å². The summed E-state index contributed by atoms with van der Waals surface area (Å²) in [5.74, 6) is 0. The van der Waals surface area contributed by atoms with Gasteiger partial charge in [0.05, 0.1) is 0 Å². The Balaban J connectivity index is 0. The van der Waals surface area contributed by atoms with E-state index in [1.54, 1.807) is 6.08 Å². The van der Waals surface area contributed by atoms with E-state index in [4.69, 9.17) is 9.46 Å². The molecule has 0 spiro atoms. The molecule has 38 valence electrons. The Morgan fingerprint density at radius 2 is 2.00 bits per heavy atom. The third-order valence-electron chi connectivity index (χ3n) is 0. The van der Waals surface area contributed by atoms with E-state index in [2.05, 4.69) is 6.58 Å². The van der Waals surface area contributed by atoms with E-state index < -0.39 is 8.69 Å². The van der Waals surface area contributed by atoms with Crippen molar-refractivity contribution in [1.82, 2.24) is 0 Å². The van der Waals surface area contributed by atoms with Crippen molar-refractivity contribution < 1.29 is 9.46 Å². The molecule has 1 N–H and O–H groups in total. The molecule has 0 aliphatic carbocycles. The Hall–Kier alpha value is -0.0700. The van der Waals surface area contributed by atoms with Crippen LogP contribution in [0.3, 0.4) is 0 Å². The molecule has 1 unspecified atom stereocenters. The summed E-state index contributed by atoms with van der Waals surface area (Å²) in [5.41, 5.74) is 0. The Bertz CT molecular complexity index is 29.8. The van der Waals surface area contributed by atoms with Crippen LogP contribution in [-0.2, 0) is 4.57 Å². The standard InChI is InChI=1S/C3H6.H3O2P/c2*1-3-2/h3H,1H2,2H3;3H2,(H,1,2). The number of rotatable bonds is 0. The molecule has 0 saturated carbocycles. The van der Waals surface area contributed by atoms with Crippen molar-refractivity contribution >= 4 is 8.69 Å². The molecule has 0 rings (SSSR count). The van der Waals surface area contributed by atoms with Gasteiger partial charge in [0, 0.05) is 0 Å². The Labute approximate surface area is 38.8 Å². The molecule has 0 aliphatic rings. The Kier molecular flexibility index (Phi) is 31.8. The smallest absolute Gasteiger partial charge is 0.177 e. The van der Waals surface area contributed by atoms with E-state index >= 15 is 0 Å². The molecular weight excluding hydrogens is 99.0 g/mol. The van der Waals surface area contributed by atoms with Crippen LogP contribution in [0.5, 0.6) is 0 Å². The van der Waals surface area contributed by atoms with Crippen molar-refractivity contribution in [2.45, 2.75) is 6.92 Å². The molecule has 0 saturated heterocycles. The largest absolute Gasteiger partial charge is 0.348 e. The molecule has 0 amide bonds. The predicted octanol–water partition coefficient (Wildman–Crippen LogP) is 0.842. The van der Waals surface area contributed by atoms with E-state index in [0.29, 0.717) is 0 Å². The second-order valence-electron chi connectivity index (χ2n) is 0.514. The van der Waals surface area contributed by atoms with Crippen LogP contribution in [-0.4, -0.2) is 4.89 Å². The van der Waals surface area contributed by atoms with E-state index in [1.807, 2.05) is 6.92 Å². The van der Waals surface area contributed by atoms with Gasteiger partial charge in [-0.05, 0) is 6.92 Å². The normalized spacial score (nSPS) is 7.00. The fraction of sp³-hybridized carbons (Fsp3) is 0.333. The molecule has 3 heteroatoms. The molecule has 0 aliphatic heterocycles. The average Bonchev–Trinajstić information content (AvgIpc) is 1.39. The van der Waals surface area contributed by atoms with Gasteiger partial charge in [0.25, 0.3) is 0 Å². The van der Waals surface area contributed by atoms with Gasteiger partial charge in [-0.1, -0.05) is 6.08 Å². The zero-order chi connectivity index (χ0) is 5.41. The van der Waals surface area contributed by atoms with Gasteiger partial charge >= 0.3 is 0 Å². The summed E-state index contributed by atoms with van der Waals surface area (Å²) in [6.45, 7) is 5.25. The van der Waals surface area contributed by atoms with Crippen LogP contribution in [0.15, 0.2) is 12.7 Å². The lowest BCUT2D eigenvalue weighted by molar-refractivity contribution is 0.524. The average molecular weight is 108 g/mol. The summed E-state index contributed by atoms with van der Waals surface area (Å²) < 4.78 is 8.57. The van der Waals surface area contributed by atoms with Gasteiger partial charge in [-0.25, -0.2) is 0 Å². The SMILES string of the molecule is C=CC.O=[PH2]O. The van der Waals surface area contributed by atoms with Crippen molar-refractivity contribution in [3.8, 4) is 0 Å². The summed E-state index contributed by atoms with van der Waals surface area (Å²) in [6, 6.07) is 0. The fourth-order valence-corrected chi connectivity index (χ4v) is 0. The maximum Gasteiger partial charge on any atom is 0.177 e. The summed E-state index contributed by atoms with van der Waals surface area (Å²) in [7, 11) is -1.50. The summed E-state index contributed by atoms with van der Waals surface area (Å²) in [5, 5.41) is 0. The lowest BCUT2D eigenvalue weighted by atomic mass is 10.8. The minimum Gasteiger partial charge on any atom is -0.348 e. The first-order valence-electron chi connectivity index (χ1n) is 1.48. The minimum atomic E-state index is -1.50. The van der Waals surface area contributed by atoms with Crippen molar-refractivity contribution in [1.29, 1.82) is 0 Å². The van der Waals surface area contributed by atoms with E-state index in [1.165, 1.54) is 0 Å². The van der Waals surface area contributed by atoms with Crippen LogP contribution >= 0.6 is 8.69 Å². The van der Waals surface area contributed by atoms with E-state index in [0.717, 1.165) is 0 Å². The highest BCUT2D eigenvalue weighted by molar-refractivity contribution is 7.16. The molecule has 1 atom stereocenters. The Morgan fingerprint density at radius 3 is 2.00 bits per heavy atom. The quantitative estimate of drug-likeness (QED) is 0.369. The van der Waals surface area contributed by atoms with Gasteiger partial charge in [-0.2, -0.15) is 0 Å². The molecule has 0 fully saturated rings. The van der Waals surface area contributed by atoms with E-state index in [9.17, 15) is 0 Å². The number of allylic oxidation sites excluding steroid dienone is 1. The Morgan fingerprint density at radius 1 is 2.00 bits per heavy atom. The maximum absolute atomic E-state index is 8.57. The molecule has 2 nitrogen and oxygen atoms in total. The van der Waals surface area contributed by atoms with Crippen molar-refractivity contribution in [3.63, 3.8) is 0 Å². The number of hydrogen-bond donors (Lipinski definition) is 1. The van der Waals surface area contributed by atoms with Gasteiger partial charge in [-0.15, -0.1) is 6.58 Å². The van der Waals surface area contributed by atoms with Crippen LogP contribution in [0, 0.1) is 0 Å². The monoisotopic (exact) mass is 108 g/mol. The second-order valence-corrected chi connectivity index (χ2v) is 0.724. The topological polar surface area (TPSA) is 37.3 Å². The van der Waals surface area contributed by atoms with Crippen LogP contribution in [0.25, 0.3) is 0 Å². The lowest BCUT2D eigenvalue weighted by Crippen LogP contribution is -1.07. The molecular formula is C3H9O2P. The summed E-state index contributed by atoms with van der Waals surface area (Å²) in [4.78, 5) is 7.10. The first kappa shape index (κ1) is 9.33. The van der Waals surface area contributed by atoms with Crippen molar-refractivity contribution in [2.24, 2.45) is 0 Å². The van der Waals surface area contributed by atoms with Gasteiger partial charge in [0.2, 0.25) is 0 Å². The van der Waals surface area contributed by atoms with Gasteiger partial charge in [-0.3, -0.25) is 4.57 Å². The van der Waals surface area contributed by atoms with Crippen molar-refractivity contribution in [3.05, 3.63) is 12.7 Å².